The zero-order valence-corrected chi connectivity index (χ0v) is 12.9. The quantitative estimate of drug-likeness (QED) is 0.733. The van der Waals surface area contributed by atoms with E-state index in [-0.39, 0.29) is 0 Å². The summed E-state index contributed by atoms with van der Waals surface area (Å²) in [5, 5.41) is 3.58. The van der Waals surface area contributed by atoms with E-state index in [4.69, 9.17) is 4.74 Å². The van der Waals surface area contributed by atoms with E-state index in [0.717, 1.165) is 41.1 Å². The Morgan fingerprint density at radius 3 is 2.58 bits per heavy atom. The molecule has 0 aliphatic heterocycles. The van der Waals surface area contributed by atoms with E-state index in [2.05, 4.69) is 21.2 Å². The Kier molecular flexibility index (Phi) is 4.44. The van der Waals surface area contributed by atoms with Crippen molar-refractivity contribution in [3.05, 3.63) is 28.7 Å². The summed E-state index contributed by atoms with van der Waals surface area (Å²) in [5.74, 6) is 3.96. The van der Waals surface area contributed by atoms with Gasteiger partial charge in [-0.15, -0.1) is 0 Å². The number of rotatable bonds is 8. The second kappa shape index (κ2) is 6.27. The Labute approximate surface area is 124 Å². The van der Waals surface area contributed by atoms with Crippen molar-refractivity contribution in [1.82, 2.24) is 5.32 Å². The summed E-state index contributed by atoms with van der Waals surface area (Å²) in [4.78, 5) is 0. The molecule has 0 aromatic heterocycles. The highest BCUT2D eigenvalue weighted by molar-refractivity contribution is 9.10. The van der Waals surface area contributed by atoms with Gasteiger partial charge in [0.25, 0.3) is 0 Å². The molecule has 2 nitrogen and oxygen atoms in total. The average molecular weight is 324 g/mol. The summed E-state index contributed by atoms with van der Waals surface area (Å²) in [6, 6.07) is 8.03. The molecule has 0 radical (unpaired) electrons. The monoisotopic (exact) mass is 323 g/mol. The molecular formula is C16H22BrNO. The highest BCUT2D eigenvalue weighted by Gasteiger charge is 2.40. The molecule has 0 spiro atoms. The van der Waals surface area contributed by atoms with Crippen molar-refractivity contribution in [3.63, 3.8) is 0 Å². The van der Waals surface area contributed by atoms with Gasteiger partial charge in [0.1, 0.15) is 12.4 Å². The number of benzene rings is 1. The Morgan fingerprint density at radius 1 is 1.21 bits per heavy atom. The first kappa shape index (κ1) is 13.4. The zero-order valence-electron chi connectivity index (χ0n) is 11.3. The third kappa shape index (κ3) is 4.22. The van der Waals surface area contributed by atoms with Crippen LogP contribution in [0.3, 0.4) is 0 Å². The molecule has 2 saturated carbocycles. The molecule has 19 heavy (non-hydrogen) atoms. The first-order valence-electron chi connectivity index (χ1n) is 7.42. The minimum absolute atomic E-state index is 0.749. The maximum Gasteiger partial charge on any atom is 0.120 e. The van der Waals surface area contributed by atoms with Crippen LogP contribution in [0.1, 0.15) is 25.7 Å². The van der Waals surface area contributed by atoms with E-state index in [1.807, 2.05) is 24.3 Å². The first-order valence-corrected chi connectivity index (χ1v) is 8.21. The third-order valence-corrected chi connectivity index (χ3v) is 4.67. The van der Waals surface area contributed by atoms with Gasteiger partial charge in [-0.1, -0.05) is 22.0 Å². The lowest BCUT2D eigenvalue weighted by Gasteiger charge is -2.16. The van der Waals surface area contributed by atoms with Crippen molar-refractivity contribution in [2.24, 2.45) is 17.8 Å². The highest BCUT2D eigenvalue weighted by atomic mass is 79.9. The van der Waals surface area contributed by atoms with Gasteiger partial charge in [-0.3, -0.25) is 0 Å². The van der Waals surface area contributed by atoms with Gasteiger partial charge in [-0.25, -0.2) is 0 Å². The summed E-state index contributed by atoms with van der Waals surface area (Å²) >= 11 is 3.45. The van der Waals surface area contributed by atoms with E-state index in [1.165, 1.54) is 32.2 Å². The largest absolute Gasteiger partial charge is 0.492 e. The predicted molar refractivity (Wildman–Crippen MR) is 81.4 cm³/mol. The lowest BCUT2D eigenvalue weighted by atomic mass is 9.98. The second-order valence-corrected chi connectivity index (χ2v) is 6.76. The van der Waals surface area contributed by atoms with Gasteiger partial charge < -0.3 is 10.1 Å². The Bertz CT molecular complexity index is 403. The molecule has 0 atom stereocenters. The van der Waals surface area contributed by atoms with Crippen LogP contribution in [-0.4, -0.2) is 19.7 Å². The molecule has 0 unspecified atom stereocenters. The smallest absolute Gasteiger partial charge is 0.120 e. The summed E-state index contributed by atoms with van der Waals surface area (Å²) < 4.78 is 6.80. The SMILES string of the molecule is Brc1cccc(OCCNCC(C2CC2)C2CC2)c1. The van der Waals surface area contributed by atoms with Gasteiger partial charge in [0.2, 0.25) is 0 Å². The molecule has 2 aliphatic rings. The van der Waals surface area contributed by atoms with Gasteiger partial charge in [0.05, 0.1) is 0 Å². The minimum atomic E-state index is 0.749. The molecule has 1 aromatic rings. The van der Waals surface area contributed by atoms with E-state index >= 15 is 0 Å². The molecule has 0 heterocycles. The van der Waals surface area contributed by atoms with Crippen LogP contribution in [0.2, 0.25) is 0 Å². The minimum Gasteiger partial charge on any atom is -0.492 e. The van der Waals surface area contributed by atoms with E-state index in [1.54, 1.807) is 0 Å². The molecule has 0 bridgehead atoms. The van der Waals surface area contributed by atoms with E-state index in [9.17, 15) is 0 Å². The zero-order chi connectivity index (χ0) is 13.1. The van der Waals surface area contributed by atoms with Crippen LogP contribution >= 0.6 is 15.9 Å². The topological polar surface area (TPSA) is 21.3 Å². The molecule has 104 valence electrons. The average Bonchev–Trinajstić information content (AvgIpc) is 3.27. The summed E-state index contributed by atoms with van der Waals surface area (Å²) in [5.41, 5.74) is 0. The maximum absolute atomic E-state index is 5.73. The summed E-state index contributed by atoms with van der Waals surface area (Å²) in [7, 11) is 0. The molecule has 1 aromatic carbocycles. The Morgan fingerprint density at radius 2 is 1.95 bits per heavy atom. The second-order valence-electron chi connectivity index (χ2n) is 5.85. The van der Waals surface area contributed by atoms with Gasteiger partial charge in [0, 0.05) is 11.0 Å². The molecule has 3 heteroatoms. The fraction of sp³-hybridized carbons (Fsp3) is 0.625. The maximum atomic E-state index is 5.73. The third-order valence-electron chi connectivity index (χ3n) is 4.18. The van der Waals surface area contributed by atoms with Gasteiger partial charge >= 0.3 is 0 Å². The van der Waals surface area contributed by atoms with Crippen LogP contribution in [0.5, 0.6) is 5.75 Å². The van der Waals surface area contributed by atoms with Crippen molar-refractivity contribution in [2.75, 3.05) is 19.7 Å². The standard InChI is InChI=1S/C16H22BrNO/c17-14-2-1-3-15(10-14)19-9-8-18-11-16(12-4-5-12)13-6-7-13/h1-3,10,12-13,16,18H,4-9,11H2. The molecule has 0 amide bonds. The van der Waals surface area contributed by atoms with Crippen molar-refractivity contribution >= 4 is 15.9 Å². The van der Waals surface area contributed by atoms with E-state index in [0.29, 0.717) is 0 Å². The first-order chi connectivity index (χ1) is 9.33. The summed E-state index contributed by atoms with van der Waals surface area (Å²) in [6.07, 6.45) is 5.88. The number of ether oxygens (including phenoxy) is 1. The molecule has 3 rings (SSSR count). The molecular weight excluding hydrogens is 302 g/mol. The Hall–Kier alpha value is -0.540. The highest BCUT2D eigenvalue weighted by Crippen LogP contribution is 2.48. The van der Waals surface area contributed by atoms with Crippen molar-refractivity contribution in [3.8, 4) is 5.75 Å². The van der Waals surface area contributed by atoms with Crippen molar-refractivity contribution < 1.29 is 4.74 Å². The van der Waals surface area contributed by atoms with Crippen LogP contribution in [0.4, 0.5) is 0 Å². The molecule has 1 N–H and O–H groups in total. The van der Waals surface area contributed by atoms with Crippen LogP contribution in [0.25, 0.3) is 0 Å². The van der Waals surface area contributed by atoms with Crippen molar-refractivity contribution in [1.29, 1.82) is 0 Å². The van der Waals surface area contributed by atoms with Gasteiger partial charge in [-0.05, 0) is 68.2 Å². The molecule has 0 saturated heterocycles. The van der Waals surface area contributed by atoms with E-state index < -0.39 is 0 Å². The fourth-order valence-corrected chi connectivity index (χ4v) is 3.21. The number of hydrogen-bond acceptors (Lipinski definition) is 2. The number of halogens is 1. The number of hydrogen-bond donors (Lipinski definition) is 1. The van der Waals surface area contributed by atoms with Crippen LogP contribution < -0.4 is 10.1 Å². The lowest BCUT2D eigenvalue weighted by molar-refractivity contribution is 0.299. The van der Waals surface area contributed by atoms with Gasteiger partial charge in [-0.2, -0.15) is 0 Å². The lowest BCUT2D eigenvalue weighted by Crippen LogP contribution is -2.29. The molecule has 2 aliphatic carbocycles. The van der Waals surface area contributed by atoms with Crippen LogP contribution in [0, 0.1) is 17.8 Å². The van der Waals surface area contributed by atoms with Gasteiger partial charge in [0.15, 0.2) is 0 Å². The normalized spacial score (nSPS) is 18.8. The summed E-state index contributed by atoms with van der Waals surface area (Å²) in [6.45, 7) is 2.89. The van der Waals surface area contributed by atoms with Crippen LogP contribution in [0.15, 0.2) is 28.7 Å². The Balaban J connectivity index is 1.32. The predicted octanol–water partition coefficient (Wildman–Crippen LogP) is 3.85. The van der Waals surface area contributed by atoms with Crippen LogP contribution in [-0.2, 0) is 0 Å². The van der Waals surface area contributed by atoms with Crippen molar-refractivity contribution in [2.45, 2.75) is 25.7 Å². The fourth-order valence-electron chi connectivity index (χ4n) is 2.83. The molecule has 2 fully saturated rings. The number of nitrogens with one attached hydrogen (secondary N) is 1.